The summed E-state index contributed by atoms with van der Waals surface area (Å²) in [6.45, 7) is 0. The molecule has 50 heavy (non-hydrogen) atoms. The SMILES string of the molecule is [2H]c1c([2H])c([2H])c(-c2nc(-c3ccccc3)nc(-c3ccc4c5ccc(-n6c7ccccc7c7cccnc76)cc5n(-c5ccccc5)c4c3)n2)c([2H])c1[2H]. The highest BCUT2D eigenvalue weighted by Crippen LogP contribution is 2.38. The molecule has 0 spiro atoms. The molecule has 0 N–H and O–H groups in total. The molecule has 4 heterocycles. The lowest BCUT2D eigenvalue weighted by Gasteiger charge is -2.11. The molecule has 6 aromatic carbocycles. The van der Waals surface area contributed by atoms with E-state index in [1.165, 1.54) is 0 Å². The number of nitrogens with zero attached hydrogens (tertiary/aromatic N) is 6. The summed E-state index contributed by atoms with van der Waals surface area (Å²) >= 11 is 0. The van der Waals surface area contributed by atoms with E-state index in [9.17, 15) is 0 Å². The number of hydrogen-bond donors (Lipinski definition) is 0. The molecular weight excluding hydrogens is 613 g/mol. The average Bonchev–Trinajstić information content (AvgIpc) is 3.75. The van der Waals surface area contributed by atoms with Crippen LogP contribution in [-0.2, 0) is 0 Å². The van der Waals surface area contributed by atoms with Crippen LogP contribution < -0.4 is 0 Å². The number of benzene rings is 6. The van der Waals surface area contributed by atoms with Crippen molar-refractivity contribution in [2.75, 3.05) is 0 Å². The average molecular weight is 646 g/mol. The number of para-hydroxylation sites is 2. The van der Waals surface area contributed by atoms with Gasteiger partial charge in [0.25, 0.3) is 0 Å². The second kappa shape index (κ2) is 11.4. The van der Waals surface area contributed by atoms with Crippen LogP contribution in [0.2, 0.25) is 0 Å². The normalized spacial score (nSPS) is 13.0. The zero-order chi connectivity index (χ0) is 37.4. The summed E-state index contributed by atoms with van der Waals surface area (Å²) in [5.74, 6) is 0.619. The molecule has 0 aliphatic carbocycles. The zero-order valence-electron chi connectivity index (χ0n) is 31.5. The Morgan fingerprint density at radius 3 is 1.84 bits per heavy atom. The van der Waals surface area contributed by atoms with Gasteiger partial charge in [0, 0.05) is 55.8 Å². The molecule has 0 saturated heterocycles. The van der Waals surface area contributed by atoms with Crippen molar-refractivity contribution in [1.29, 1.82) is 0 Å². The van der Waals surface area contributed by atoms with Gasteiger partial charge < -0.3 is 4.57 Å². The standard InChI is InChI=1S/C44H28N6/c1-4-13-29(14-5-1)41-46-42(30-15-6-2-7-16-30)48-43(47-41)31-22-24-35-36-25-23-33(28-40(36)49(39(35)27-31)32-17-8-3-9-18-32)50-38-21-11-10-19-34(38)37-20-12-26-45-44(37)50/h1-28H/i1D,4D,5D,13D,14D. The summed E-state index contributed by atoms with van der Waals surface area (Å²) in [6.07, 6.45) is 1.83. The number of rotatable bonds is 5. The highest BCUT2D eigenvalue weighted by Gasteiger charge is 2.19. The summed E-state index contributed by atoms with van der Waals surface area (Å²) in [5, 5.41) is 4.30. The van der Waals surface area contributed by atoms with Gasteiger partial charge >= 0.3 is 0 Å². The Hall–Kier alpha value is -6.92. The van der Waals surface area contributed by atoms with Crippen LogP contribution >= 0.6 is 0 Å². The van der Waals surface area contributed by atoms with E-state index in [2.05, 4.69) is 74.8 Å². The third kappa shape index (κ3) is 4.50. The van der Waals surface area contributed by atoms with Gasteiger partial charge in [-0.2, -0.15) is 0 Å². The molecule has 0 amide bonds. The number of pyridine rings is 1. The molecule has 0 aliphatic heterocycles. The molecule has 0 fully saturated rings. The monoisotopic (exact) mass is 645 g/mol. The van der Waals surface area contributed by atoms with Crippen LogP contribution in [0.25, 0.3) is 89.3 Å². The molecule has 234 valence electrons. The lowest BCUT2D eigenvalue weighted by atomic mass is 10.1. The Labute approximate surface area is 294 Å². The summed E-state index contributed by atoms with van der Waals surface area (Å²) < 4.78 is 46.6. The fraction of sp³-hybridized carbons (Fsp3) is 0. The molecular formula is C44H28N6. The minimum atomic E-state index is -0.479. The van der Waals surface area contributed by atoms with Crippen molar-refractivity contribution in [3.63, 3.8) is 0 Å². The van der Waals surface area contributed by atoms with Crippen LogP contribution in [0, 0.1) is 0 Å². The van der Waals surface area contributed by atoms with E-state index in [0.717, 1.165) is 55.1 Å². The molecule has 6 heteroatoms. The van der Waals surface area contributed by atoms with E-state index in [0.29, 0.717) is 22.8 Å². The summed E-state index contributed by atoms with van der Waals surface area (Å²) in [6, 6.07) is 42.4. The Balaban J connectivity index is 1.23. The Kier molecular flexibility index (Phi) is 5.32. The second-order valence-electron chi connectivity index (χ2n) is 12.0. The van der Waals surface area contributed by atoms with Gasteiger partial charge in [0.05, 0.1) is 23.4 Å². The first-order valence-electron chi connectivity index (χ1n) is 18.7. The first-order valence-corrected chi connectivity index (χ1v) is 16.2. The maximum absolute atomic E-state index is 8.69. The van der Waals surface area contributed by atoms with Gasteiger partial charge in [-0.15, -0.1) is 0 Å². The Morgan fingerprint density at radius 1 is 0.420 bits per heavy atom. The van der Waals surface area contributed by atoms with Crippen LogP contribution in [0.5, 0.6) is 0 Å². The van der Waals surface area contributed by atoms with Gasteiger partial charge in [-0.1, -0.05) is 115 Å². The Morgan fingerprint density at radius 2 is 1.04 bits per heavy atom. The smallest absolute Gasteiger partial charge is 0.164 e. The van der Waals surface area contributed by atoms with Crippen molar-refractivity contribution < 1.29 is 6.85 Å². The summed E-state index contributed by atoms with van der Waals surface area (Å²) in [4.78, 5) is 19.2. The van der Waals surface area contributed by atoms with Crippen molar-refractivity contribution in [2.45, 2.75) is 0 Å². The zero-order valence-corrected chi connectivity index (χ0v) is 26.5. The predicted octanol–water partition coefficient (Wildman–Crippen LogP) is 10.5. The van der Waals surface area contributed by atoms with E-state index in [1.807, 2.05) is 79.0 Å². The van der Waals surface area contributed by atoms with Gasteiger partial charge in [0.1, 0.15) is 5.65 Å². The van der Waals surface area contributed by atoms with E-state index < -0.39 is 18.1 Å². The van der Waals surface area contributed by atoms with Crippen molar-refractivity contribution >= 4 is 43.7 Å². The first kappa shape index (κ1) is 23.4. The van der Waals surface area contributed by atoms with Gasteiger partial charge in [-0.25, -0.2) is 19.9 Å². The lowest BCUT2D eigenvalue weighted by Crippen LogP contribution is -2.00. The van der Waals surface area contributed by atoms with Crippen LogP contribution in [0.15, 0.2) is 170 Å². The topological polar surface area (TPSA) is 61.4 Å². The molecule has 0 saturated carbocycles. The number of aromatic nitrogens is 6. The van der Waals surface area contributed by atoms with E-state index in [-0.39, 0.29) is 23.5 Å². The maximum atomic E-state index is 8.69. The fourth-order valence-corrected chi connectivity index (χ4v) is 6.89. The predicted molar refractivity (Wildman–Crippen MR) is 203 cm³/mol. The van der Waals surface area contributed by atoms with Crippen LogP contribution in [-0.4, -0.2) is 29.1 Å². The van der Waals surface area contributed by atoms with Crippen molar-refractivity contribution in [2.24, 2.45) is 0 Å². The highest BCUT2D eigenvalue weighted by atomic mass is 15.1. The first-order chi connectivity index (χ1) is 26.9. The number of fused-ring (bicyclic) bond motifs is 6. The molecule has 0 bridgehead atoms. The lowest BCUT2D eigenvalue weighted by molar-refractivity contribution is 1.07. The Bertz CT molecular complexity index is 3080. The highest BCUT2D eigenvalue weighted by molar-refractivity contribution is 6.12. The van der Waals surface area contributed by atoms with E-state index >= 15 is 0 Å². The second-order valence-corrected chi connectivity index (χ2v) is 12.0. The van der Waals surface area contributed by atoms with Gasteiger partial charge in [-0.3, -0.25) is 4.57 Å². The van der Waals surface area contributed by atoms with E-state index in [4.69, 9.17) is 21.8 Å². The van der Waals surface area contributed by atoms with Crippen LogP contribution in [0.1, 0.15) is 6.85 Å². The molecule has 10 aromatic rings. The van der Waals surface area contributed by atoms with Gasteiger partial charge in [0.2, 0.25) is 0 Å². The van der Waals surface area contributed by atoms with Crippen LogP contribution in [0.3, 0.4) is 0 Å². The van der Waals surface area contributed by atoms with Crippen LogP contribution in [0.4, 0.5) is 0 Å². The van der Waals surface area contributed by atoms with Gasteiger partial charge in [-0.05, 0) is 48.5 Å². The molecule has 0 unspecified atom stereocenters. The number of hydrogen-bond acceptors (Lipinski definition) is 4. The minimum Gasteiger partial charge on any atom is -0.309 e. The third-order valence-electron chi connectivity index (χ3n) is 9.11. The molecule has 4 aromatic heterocycles. The van der Waals surface area contributed by atoms with Crippen molar-refractivity contribution in [3.05, 3.63) is 170 Å². The minimum absolute atomic E-state index is 0.00557. The van der Waals surface area contributed by atoms with Crippen molar-refractivity contribution in [1.82, 2.24) is 29.1 Å². The molecule has 10 rings (SSSR count). The van der Waals surface area contributed by atoms with E-state index in [1.54, 1.807) is 0 Å². The molecule has 6 nitrogen and oxygen atoms in total. The summed E-state index contributed by atoms with van der Waals surface area (Å²) in [7, 11) is 0. The largest absolute Gasteiger partial charge is 0.309 e. The quantitative estimate of drug-likeness (QED) is 0.187. The molecule has 0 aliphatic rings. The van der Waals surface area contributed by atoms with Gasteiger partial charge in [0.15, 0.2) is 17.5 Å². The summed E-state index contributed by atoms with van der Waals surface area (Å²) in [5.41, 5.74) is 7.10. The maximum Gasteiger partial charge on any atom is 0.164 e. The molecule has 0 radical (unpaired) electrons. The van der Waals surface area contributed by atoms with Crippen molar-refractivity contribution in [3.8, 4) is 45.5 Å². The fourth-order valence-electron chi connectivity index (χ4n) is 6.89. The third-order valence-corrected chi connectivity index (χ3v) is 9.11. The molecule has 0 atom stereocenters.